The Hall–Kier alpha value is -1.95. The molecule has 1 aliphatic rings. The topological polar surface area (TPSA) is 79.3 Å². The summed E-state index contributed by atoms with van der Waals surface area (Å²) in [4.78, 5) is 26.9. The van der Waals surface area contributed by atoms with Gasteiger partial charge in [-0.3, -0.25) is 9.59 Å². The number of aliphatic carboxylic acids is 1. The number of benzene rings is 1. The van der Waals surface area contributed by atoms with Crippen molar-refractivity contribution in [1.82, 2.24) is 4.98 Å². The van der Waals surface area contributed by atoms with Crippen LogP contribution in [0.5, 0.6) is 0 Å². The lowest BCUT2D eigenvalue weighted by Crippen LogP contribution is -2.16. The van der Waals surface area contributed by atoms with Gasteiger partial charge >= 0.3 is 5.97 Å². The van der Waals surface area contributed by atoms with E-state index in [1.54, 1.807) is 17.4 Å². The molecule has 5 nitrogen and oxygen atoms in total. The number of nitrogens with one attached hydrogen (secondary N) is 1. The van der Waals surface area contributed by atoms with E-state index in [9.17, 15) is 9.59 Å². The standard InChI is InChI=1S/C13H12N2O3S/c1-6-14-10-3-2-7(4-11(10)19-6)15-12(16)8-5-9(8)13(17)18/h2-4,8-9H,5H2,1H3,(H,15,16)(H,17,18)/t8-,9+/m1/s1. The van der Waals surface area contributed by atoms with Crippen molar-refractivity contribution < 1.29 is 14.7 Å². The van der Waals surface area contributed by atoms with Crippen molar-refractivity contribution in [1.29, 1.82) is 0 Å². The number of carbonyl (C=O) groups excluding carboxylic acids is 1. The van der Waals surface area contributed by atoms with Crippen LogP contribution in [0.3, 0.4) is 0 Å². The van der Waals surface area contributed by atoms with Gasteiger partial charge in [-0.25, -0.2) is 4.98 Å². The summed E-state index contributed by atoms with van der Waals surface area (Å²) in [5.74, 6) is -2.02. The minimum absolute atomic E-state index is 0.215. The van der Waals surface area contributed by atoms with Gasteiger partial charge in [-0.15, -0.1) is 11.3 Å². The summed E-state index contributed by atoms with van der Waals surface area (Å²) >= 11 is 1.57. The number of anilines is 1. The van der Waals surface area contributed by atoms with Crippen LogP contribution in [0, 0.1) is 18.8 Å². The Morgan fingerprint density at radius 2 is 2.21 bits per heavy atom. The summed E-state index contributed by atoms with van der Waals surface area (Å²) in [7, 11) is 0. The Kier molecular flexibility index (Phi) is 2.74. The third-order valence-corrected chi connectivity index (χ3v) is 4.14. The van der Waals surface area contributed by atoms with Gasteiger partial charge in [-0.05, 0) is 31.5 Å². The zero-order chi connectivity index (χ0) is 13.6. The van der Waals surface area contributed by atoms with E-state index in [0.717, 1.165) is 15.2 Å². The molecule has 98 valence electrons. The average molecular weight is 276 g/mol. The highest BCUT2D eigenvalue weighted by atomic mass is 32.1. The van der Waals surface area contributed by atoms with Gasteiger partial charge in [-0.2, -0.15) is 0 Å². The Morgan fingerprint density at radius 3 is 2.89 bits per heavy atom. The lowest BCUT2D eigenvalue weighted by Gasteiger charge is -2.03. The number of fused-ring (bicyclic) bond motifs is 1. The molecule has 0 radical (unpaired) electrons. The largest absolute Gasteiger partial charge is 0.481 e. The van der Waals surface area contributed by atoms with Crippen molar-refractivity contribution in [2.24, 2.45) is 11.8 Å². The van der Waals surface area contributed by atoms with Crippen LogP contribution in [-0.2, 0) is 9.59 Å². The smallest absolute Gasteiger partial charge is 0.307 e. The van der Waals surface area contributed by atoms with Crippen molar-refractivity contribution in [2.45, 2.75) is 13.3 Å². The molecule has 19 heavy (non-hydrogen) atoms. The highest BCUT2D eigenvalue weighted by Crippen LogP contribution is 2.39. The van der Waals surface area contributed by atoms with E-state index in [2.05, 4.69) is 10.3 Å². The van der Waals surface area contributed by atoms with Crippen molar-refractivity contribution >= 4 is 39.1 Å². The molecule has 1 fully saturated rings. The van der Waals surface area contributed by atoms with Crippen molar-refractivity contribution in [3.05, 3.63) is 23.2 Å². The molecule has 0 aliphatic heterocycles. The normalized spacial score (nSPS) is 21.3. The fraction of sp³-hybridized carbons (Fsp3) is 0.308. The number of carboxylic acids is 1. The van der Waals surface area contributed by atoms with Crippen LogP contribution in [0.25, 0.3) is 10.2 Å². The summed E-state index contributed by atoms with van der Waals surface area (Å²) in [6.07, 6.45) is 0.434. The average Bonchev–Trinajstić information content (AvgIpc) is 3.06. The quantitative estimate of drug-likeness (QED) is 0.901. The molecule has 1 aliphatic carbocycles. The molecular weight excluding hydrogens is 264 g/mol. The molecule has 1 saturated carbocycles. The highest BCUT2D eigenvalue weighted by molar-refractivity contribution is 7.18. The summed E-state index contributed by atoms with van der Waals surface area (Å²) < 4.78 is 1.01. The van der Waals surface area contributed by atoms with Gasteiger partial charge in [-0.1, -0.05) is 0 Å². The van der Waals surface area contributed by atoms with Gasteiger partial charge in [0, 0.05) is 5.69 Å². The molecule has 1 aromatic carbocycles. The Labute approximate surface area is 113 Å². The molecule has 3 rings (SSSR count). The van der Waals surface area contributed by atoms with Crippen molar-refractivity contribution in [3.63, 3.8) is 0 Å². The molecule has 6 heteroatoms. The number of carbonyl (C=O) groups is 2. The van der Waals surface area contributed by atoms with E-state index >= 15 is 0 Å². The first-order chi connectivity index (χ1) is 9.04. The first kappa shape index (κ1) is 12.1. The van der Waals surface area contributed by atoms with Crippen LogP contribution in [-0.4, -0.2) is 22.0 Å². The third kappa shape index (κ3) is 2.31. The van der Waals surface area contributed by atoms with Crippen LogP contribution >= 0.6 is 11.3 Å². The van der Waals surface area contributed by atoms with Crippen LogP contribution < -0.4 is 5.32 Å². The molecule has 2 atom stereocenters. The number of amides is 1. The Balaban J connectivity index is 1.75. The van der Waals surface area contributed by atoms with Gasteiger partial charge in [0.25, 0.3) is 0 Å². The fourth-order valence-corrected chi connectivity index (χ4v) is 2.98. The molecule has 1 heterocycles. The SMILES string of the molecule is Cc1nc2ccc(NC(=O)[C@@H]3C[C@@H]3C(=O)O)cc2s1. The van der Waals surface area contributed by atoms with E-state index in [1.807, 2.05) is 19.1 Å². The predicted molar refractivity (Wildman–Crippen MR) is 72.2 cm³/mol. The molecule has 2 N–H and O–H groups in total. The number of carboxylic acid groups (broad SMARTS) is 1. The van der Waals surface area contributed by atoms with Crippen LogP contribution in [0.1, 0.15) is 11.4 Å². The lowest BCUT2D eigenvalue weighted by atomic mass is 10.2. The van der Waals surface area contributed by atoms with Crippen LogP contribution in [0.2, 0.25) is 0 Å². The van der Waals surface area contributed by atoms with E-state index in [1.165, 1.54) is 0 Å². The zero-order valence-corrected chi connectivity index (χ0v) is 11.0. The summed E-state index contributed by atoms with van der Waals surface area (Å²) in [5.41, 5.74) is 1.60. The Morgan fingerprint density at radius 1 is 1.42 bits per heavy atom. The van der Waals surface area contributed by atoms with E-state index in [0.29, 0.717) is 12.1 Å². The number of rotatable bonds is 3. The number of hydrogen-bond acceptors (Lipinski definition) is 4. The number of aromatic nitrogens is 1. The minimum atomic E-state index is -0.895. The summed E-state index contributed by atoms with van der Waals surface area (Å²) in [6, 6.07) is 5.52. The second-order valence-electron chi connectivity index (χ2n) is 4.69. The predicted octanol–water partition coefficient (Wildman–Crippen LogP) is 2.26. The van der Waals surface area contributed by atoms with Crippen LogP contribution in [0.4, 0.5) is 5.69 Å². The first-order valence-electron chi connectivity index (χ1n) is 5.95. The summed E-state index contributed by atoms with van der Waals surface area (Å²) in [5, 5.41) is 12.5. The molecule has 0 unspecified atom stereocenters. The second kappa shape index (κ2) is 4.31. The molecule has 1 amide bonds. The third-order valence-electron chi connectivity index (χ3n) is 3.21. The maximum atomic E-state index is 11.8. The van der Waals surface area contributed by atoms with Crippen LogP contribution in [0.15, 0.2) is 18.2 Å². The maximum absolute atomic E-state index is 11.8. The van der Waals surface area contributed by atoms with Gasteiger partial charge in [0.05, 0.1) is 27.1 Å². The Bertz CT molecular complexity index is 680. The molecule has 2 aromatic rings. The van der Waals surface area contributed by atoms with Gasteiger partial charge < -0.3 is 10.4 Å². The molecule has 0 saturated heterocycles. The highest BCUT2D eigenvalue weighted by Gasteiger charge is 2.48. The number of nitrogens with zero attached hydrogens (tertiary/aromatic N) is 1. The molecule has 1 aromatic heterocycles. The van der Waals surface area contributed by atoms with Gasteiger partial charge in [0.15, 0.2) is 0 Å². The zero-order valence-electron chi connectivity index (χ0n) is 10.2. The van der Waals surface area contributed by atoms with E-state index in [-0.39, 0.29) is 5.91 Å². The number of thiazole rings is 1. The number of hydrogen-bond donors (Lipinski definition) is 2. The summed E-state index contributed by atoms with van der Waals surface area (Å²) in [6.45, 7) is 1.94. The molecular formula is C13H12N2O3S. The molecule has 0 bridgehead atoms. The lowest BCUT2D eigenvalue weighted by molar-refractivity contribution is -0.139. The van der Waals surface area contributed by atoms with Crippen molar-refractivity contribution in [3.8, 4) is 0 Å². The minimum Gasteiger partial charge on any atom is -0.481 e. The maximum Gasteiger partial charge on any atom is 0.307 e. The van der Waals surface area contributed by atoms with E-state index in [4.69, 9.17) is 5.11 Å². The van der Waals surface area contributed by atoms with Gasteiger partial charge in [0.1, 0.15) is 0 Å². The molecule has 0 spiro atoms. The van der Waals surface area contributed by atoms with E-state index < -0.39 is 17.8 Å². The fourth-order valence-electron chi connectivity index (χ4n) is 2.11. The van der Waals surface area contributed by atoms with Gasteiger partial charge in [0.2, 0.25) is 5.91 Å². The first-order valence-corrected chi connectivity index (χ1v) is 6.77. The number of aryl methyl sites for hydroxylation is 1. The second-order valence-corrected chi connectivity index (χ2v) is 5.93. The van der Waals surface area contributed by atoms with Crippen molar-refractivity contribution in [2.75, 3.05) is 5.32 Å². The monoisotopic (exact) mass is 276 g/mol.